The van der Waals surface area contributed by atoms with Gasteiger partial charge in [0.2, 0.25) is 0 Å². The number of hydrogen-bond acceptors (Lipinski definition) is 4. The van der Waals surface area contributed by atoms with Gasteiger partial charge in [0, 0.05) is 12.2 Å². The summed E-state index contributed by atoms with van der Waals surface area (Å²) in [6, 6.07) is 4.57. The Kier molecular flexibility index (Phi) is 3.27. The van der Waals surface area contributed by atoms with Gasteiger partial charge < -0.3 is 5.11 Å². The first-order chi connectivity index (χ1) is 11.0. The van der Waals surface area contributed by atoms with Gasteiger partial charge in [0.25, 0.3) is 5.56 Å². The van der Waals surface area contributed by atoms with E-state index < -0.39 is 11.6 Å². The Labute approximate surface area is 133 Å². The Morgan fingerprint density at radius 3 is 2.95 bits per heavy atom. The Bertz CT molecular complexity index is 985. The third-order valence-electron chi connectivity index (χ3n) is 3.53. The molecule has 0 unspecified atom stereocenters. The highest BCUT2D eigenvalue weighted by molar-refractivity contribution is 6.30. The molecule has 0 saturated heterocycles. The van der Waals surface area contributed by atoms with E-state index in [4.69, 9.17) is 13.0 Å². The highest BCUT2D eigenvalue weighted by Crippen LogP contribution is 2.29. The van der Waals surface area contributed by atoms with Gasteiger partial charge in [-0.2, -0.15) is 0 Å². The Hall–Kier alpha value is -2.40. The molecule has 5 nitrogen and oxygen atoms in total. The zero-order chi connectivity index (χ0) is 16.7. The number of pyridine rings is 3. The van der Waals surface area contributed by atoms with Gasteiger partial charge in [-0.15, -0.1) is 0 Å². The van der Waals surface area contributed by atoms with E-state index >= 15 is 0 Å². The van der Waals surface area contributed by atoms with Crippen molar-refractivity contribution in [2.45, 2.75) is 20.3 Å². The summed E-state index contributed by atoms with van der Waals surface area (Å²) >= 11 is 6.08. The van der Waals surface area contributed by atoms with Crippen LogP contribution in [0.25, 0.3) is 16.7 Å². The molecule has 0 atom stereocenters. The lowest BCUT2D eigenvalue weighted by atomic mass is 10.1. The molecule has 0 radical (unpaired) electrons. The largest absolute Gasteiger partial charge is 0.507 e. The number of rotatable bonds is 2. The lowest BCUT2D eigenvalue weighted by Crippen LogP contribution is -2.20. The van der Waals surface area contributed by atoms with Gasteiger partial charge >= 0.3 is 0 Å². The third-order valence-corrected chi connectivity index (χ3v) is 3.72. The second kappa shape index (κ2) is 5.42. The van der Waals surface area contributed by atoms with E-state index in [0.717, 1.165) is 5.56 Å². The fourth-order valence-corrected chi connectivity index (χ4v) is 2.71. The van der Waals surface area contributed by atoms with Gasteiger partial charge in [0.1, 0.15) is 10.9 Å². The molecule has 0 spiro atoms. The highest BCUT2D eigenvalue weighted by Gasteiger charge is 2.16. The fourth-order valence-electron chi connectivity index (χ4n) is 2.50. The summed E-state index contributed by atoms with van der Waals surface area (Å²) in [5.74, 6) is -0.371. The van der Waals surface area contributed by atoms with Crippen LogP contribution in [-0.2, 0) is 6.42 Å². The van der Waals surface area contributed by atoms with Crippen LogP contribution in [0, 0.1) is 6.92 Å². The lowest BCUT2D eigenvalue weighted by molar-refractivity contribution is 0.479. The second-order valence-electron chi connectivity index (χ2n) is 4.88. The summed E-state index contributed by atoms with van der Waals surface area (Å²) in [7, 11) is 0. The molecule has 3 heterocycles. The van der Waals surface area contributed by atoms with Crippen molar-refractivity contribution in [1.29, 1.82) is 0 Å². The van der Waals surface area contributed by atoms with Crippen LogP contribution in [-0.4, -0.2) is 19.6 Å². The summed E-state index contributed by atoms with van der Waals surface area (Å²) in [6.45, 7) is 3.66. The van der Waals surface area contributed by atoms with Crippen molar-refractivity contribution < 1.29 is 6.48 Å². The lowest BCUT2D eigenvalue weighted by Gasteiger charge is -2.14. The Balaban J connectivity index is 2.60. The minimum atomic E-state index is -0.664. The molecule has 1 N–H and O–H groups in total. The van der Waals surface area contributed by atoms with Gasteiger partial charge in [0.05, 0.1) is 18.1 Å². The number of fused-ring (bicyclic) bond motifs is 1. The Morgan fingerprint density at radius 2 is 2.27 bits per heavy atom. The van der Waals surface area contributed by atoms with Crippen molar-refractivity contribution in [3.05, 3.63) is 57.2 Å². The van der Waals surface area contributed by atoms with Crippen LogP contribution in [0.1, 0.15) is 19.6 Å². The summed E-state index contributed by atoms with van der Waals surface area (Å²) in [6.07, 6.45) is 2.20. The van der Waals surface area contributed by atoms with Gasteiger partial charge in [0.15, 0.2) is 5.65 Å². The zero-order valence-electron chi connectivity index (χ0n) is 13.1. The smallest absolute Gasteiger partial charge is 0.260 e. The van der Waals surface area contributed by atoms with Crippen molar-refractivity contribution in [1.82, 2.24) is 14.5 Å². The predicted molar refractivity (Wildman–Crippen MR) is 85.9 cm³/mol. The molecule has 3 rings (SSSR count). The molecule has 3 aromatic rings. The van der Waals surface area contributed by atoms with Crippen LogP contribution in [0.3, 0.4) is 0 Å². The molecule has 6 heteroatoms. The highest BCUT2D eigenvalue weighted by atomic mass is 35.5. The van der Waals surface area contributed by atoms with Crippen LogP contribution < -0.4 is 5.56 Å². The van der Waals surface area contributed by atoms with Crippen molar-refractivity contribution in [3.8, 4) is 11.4 Å². The van der Waals surface area contributed by atoms with Crippen LogP contribution in [0.2, 0.25) is 5.15 Å². The quantitative estimate of drug-likeness (QED) is 0.738. The van der Waals surface area contributed by atoms with Crippen molar-refractivity contribution >= 4 is 22.6 Å². The van der Waals surface area contributed by atoms with E-state index in [9.17, 15) is 9.90 Å². The van der Waals surface area contributed by atoms with Gasteiger partial charge in [-0.25, -0.2) is 4.98 Å². The van der Waals surface area contributed by atoms with Crippen LogP contribution in [0.5, 0.6) is 5.75 Å². The summed E-state index contributed by atoms with van der Waals surface area (Å²) in [5.41, 5.74) is 1.40. The first kappa shape index (κ1) is 13.3. The molecule has 0 aliphatic heterocycles. The molecular weight excluding hydrogens is 302 g/mol. The average molecular weight is 317 g/mol. The maximum atomic E-state index is 12.6. The van der Waals surface area contributed by atoms with Gasteiger partial charge in [-0.1, -0.05) is 18.5 Å². The zero-order valence-corrected chi connectivity index (χ0v) is 12.8. The van der Waals surface area contributed by atoms with E-state index in [1.54, 1.807) is 31.3 Å². The molecular formula is C16H14ClN3O2. The van der Waals surface area contributed by atoms with E-state index in [-0.39, 0.29) is 16.5 Å². The number of nitrogens with zero attached hydrogens (tertiary/aromatic N) is 3. The molecule has 0 aromatic carbocycles. The topological polar surface area (TPSA) is 68.0 Å². The normalized spacial score (nSPS) is 11.7. The molecule has 22 heavy (non-hydrogen) atoms. The minimum absolute atomic E-state index is 0.223. The standard InChI is InChI=1S/C16H14ClN3O2/c1-3-10-7-13(17)19-16-15(10)12(21)8-14(22)20(16)11-5-4-6-18-9(11)2/h4-8,21H,3H2,1-2H3/i8D. The number of halogens is 1. The Morgan fingerprint density at radius 1 is 1.50 bits per heavy atom. The second-order valence-corrected chi connectivity index (χ2v) is 5.27. The molecule has 0 aliphatic carbocycles. The van der Waals surface area contributed by atoms with E-state index in [1.165, 1.54) is 4.57 Å². The van der Waals surface area contributed by atoms with Crippen molar-refractivity contribution in [2.75, 3.05) is 0 Å². The van der Waals surface area contributed by atoms with Gasteiger partial charge in [-0.05, 0) is 37.1 Å². The molecule has 3 aromatic heterocycles. The number of hydrogen-bond donors (Lipinski definition) is 1. The summed E-state index contributed by atoms with van der Waals surface area (Å²) in [5, 5.41) is 10.9. The third kappa shape index (κ3) is 2.23. The van der Waals surface area contributed by atoms with E-state index in [0.29, 0.717) is 23.2 Å². The van der Waals surface area contributed by atoms with Crippen LogP contribution >= 0.6 is 11.6 Å². The van der Waals surface area contributed by atoms with E-state index in [2.05, 4.69) is 9.97 Å². The van der Waals surface area contributed by atoms with Crippen molar-refractivity contribution in [2.24, 2.45) is 0 Å². The number of aromatic nitrogens is 3. The van der Waals surface area contributed by atoms with Gasteiger partial charge in [-0.3, -0.25) is 14.3 Å². The molecule has 0 amide bonds. The molecule has 0 fully saturated rings. The number of aromatic hydroxyl groups is 1. The molecule has 0 bridgehead atoms. The molecule has 0 aliphatic rings. The van der Waals surface area contributed by atoms with Crippen LogP contribution in [0.4, 0.5) is 0 Å². The summed E-state index contributed by atoms with van der Waals surface area (Å²) in [4.78, 5) is 21.0. The fraction of sp³-hybridized carbons (Fsp3) is 0.188. The first-order valence-corrected chi connectivity index (χ1v) is 7.19. The predicted octanol–water partition coefficient (Wildman–Crippen LogP) is 3.01. The average Bonchev–Trinajstić information content (AvgIpc) is 2.53. The van der Waals surface area contributed by atoms with Crippen molar-refractivity contribution in [3.63, 3.8) is 0 Å². The maximum Gasteiger partial charge on any atom is 0.260 e. The SMILES string of the molecule is [2H]c1c(O)c2c(CC)cc(Cl)nc2n(-c2cccnc2C)c1=O. The van der Waals surface area contributed by atoms with Crippen LogP contribution in [0.15, 0.2) is 35.2 Å². The summed E-state index contributed by atoms with van der Waals surface area (Å²) < 4.78 is 9.23. The molecule has 0 saturated carbocycles. The van der Waals surface area contributed by atoms with E-state index in [1.807, 2.05) is 6.92 Å². The monoisotopic (exact) mass is 316 g/mol. The minimum Gasteiger partial charge on any atom is -0.507 e. The number of aryl methyl sites for hydroxylation is 2. The molecule has 112 valence electrons. The first-order valence-electron chi connectivity index (χ1n) is 7.31. The maximum absolute atomic E-state index is 12.6.